The van der Waals surface area contributed by atoms with E-state index in [2.05, 4.69) is 0 Å². The van der Waals surface area contributed by atoms with Crippen molar-refractivity contribution in [2.24, 2.45) is 0 Å². The van der Waals surface area contributed by atoms with Crippen LogP contribution in [0.15, 0.2) is 30.3 Å². The first kappa shape index (κ1) is 19.3. The summed E-state index contributed by atoms with van der Waals surface area (Å²) >= 11 is 0. The minimum absolute atomic E-state index is 0.0744. The zero-order valence-corrected chi connectivity index (χ0v) is 14.6. The lowest BCUT2D eigenvalue weighted by atomic mass is 10.0. The summed E-state index contributed by atoms with van der Waals surface area (Å²) in [5.74, 6) is -1.54. The number of methoxy groups -OCH3 is 1. The second kappa shape index (κ2) is 9.47. The van der Waals surface area contributed by atoms with Gasteiger partial charge in [-0.15, -0.1) is 0 Å². The van der Waals surface area contributed by atoms with Crippen molar-refractivity contribution in [3.8, 4) is 16.9 Å². The molecule has 0 unspecified atom stereocenters. The van der Waals surface area contributed by atoms with Crippen LogP contribution in [-0.2, 0) is 4.74 Å². The molecule has 2 aromatic rings. The lowest BCUT2D eigenvalue weighted by Crippen LogP contribution is -1.99. The molecule has 0 amide bonds. The molecular weight excluding hydrogens is 329 g/mol. The van der Waals surface area contributed by atoms with E-state index in [1.54, 1.807) is 13.2 Å². The van der Waals surface area contributed by atoms with Gasteiger partial charge in [0.25, 0.3) is 0 Å². The fourth-order valence-corrected chi connectivity index (χ4v) is 2.51. The summed E-state index contributed by atoms with van der Waals surface area (Å²) in [7, 11) is 1.68. The van der Waals surface area contributed by atoms with Crippen LogP contribution >= 0.6 is 0 Å². The molecule has 0 bridgehead atoms. The summed E-state index contributed by atoms with van der Waals surface area (Å²) in [6.07, 6.45) is 3.98. The third-order valence-corrected chi connectivity index (χ3v) is 4.04. The van der Waals surface area contributed by atoms with Gasteiger partial charge in [-0.1, -0.05) is 6.42 Å². The van der Waals surface area contributed by atoms with Crippen LogP contribution in [0.1, 0.15) is 31.2 Å². The third-order valence-electron chi connectivity index (χ3n) is 4.04. The lowest BCUT2D eigenvalue weighted by molar-refractivity contribution is 0.191. The van der Waals surface area contributed by atoms with Crippen LogP contribution in [0.5, 0.6) is 5.75 Å². The second-order valence-corrected chi connectivity index (χ2v) is 5.96. The molecule has 2 nitrogen and oxygen atoms in total. The molecule has 0 N–H and O–H groups in total. The minimum Gasteiger partial charge on any atom is -0.493 e. The van der Waals surface area contributed by atoms with Gasteiger partial charge < -0.3 is 9.47 Å². The number of benzene rings is 2. The van der Waals surface area contributed by atoms with Crippen LogP contribution in [0, 0.1) is 24.4 Å². The quantitative estimate of drug-likeness (QED) is 0.542. The maximum atomic E-state index is 14.3. The molecule has 2 aromatic carbocycles. The van der Waals surface area contributed by atoms with E-state index in [0.29, 0.717) is 12.4 Å². The molecule has 5 heteroatoms. The fourth-order valence-electron chi connectivity index (χ4n) is 2.51. The Morgan fingerprint density at radius 2 is 1.44 bits per heavy atom. The Labute approximate surface area is 146 Å². The molecule has 0 atom stereocenters. The Hall–Kier alpha value is -2.01. The van der Waals surface area contributed by atoms with Gasteiger partial charge in [0.15, 0.2) is 0 Å². The van der Waals surface area contributed by atoms with Crippen LogP contribution < -0.4 is 4.74 Å². The zero-order chi connectivity index (χ0) is 18.2. The fraction of sp³-hybridized carbons (Fsp3) is 0.400. The summed E-state index contributed by atoms with van der Waals surface area (Å²) < 4.78 is 52.1. The third kappa shape index (κ3) is 5.49. The molecule has 2 rings (SSSR count). The summed E-state index contributed by atoms with van der Waals surface area (Å²) in [4.78, 5) is 0. The first-order valence-corrected chi connectivity index (χ1v) is 8.40. The lowest BCUT2D eigenvalue weighted by Gasteiger charge is -2.10. The van der Waals surface area contributed by atoms with Gasteiger partial charge in [0.05, 0.1) is 6.61 Å². The van der Waals surface area contributed by atoms with Gasteiger partial charge >= 0.3 is 0 Å². The Bertz CT molecular complexity index is 678. The van der Waals surface area contributed by atoms with E-state index in [-0.39, 0.29) is 16.7 Å². The predicted molar refractivity (Wildman–Crippen MR) is 92.3 cm³/mol. The SMILES string of the molecule is COCCCCCCOc1ccc(-c2cc(F)c(C)c(F)c2)c(F)c1. The van der Waals surface area contributed by atoms with Crippen molar-refractivity contribution in [1.82, 2.24) is 0 Å². The summed E-state index contributed by atoms with van der Waals surface area (Å²) in [5.41, 5.74) is 0.238. The van der Waals surface area contributed by atoms with E-state index in [9.17, 15) is 13.2 Å². The standard InChI is InChI=1S/C20H23F3O2/c1-14-18(21)11-15(12-19(14)22)17-8-7-16(13-20(17)23)25-10-6-4-3-5-9-24-2/h7-8,11-13H,3-6,9-10H2,1-2H3. The van der Waals surface area contributed by atoms with E-state index in [1.165, 1.54) is 19.1 Å². The van der Waals surface area contributed by atoms with Crippen molar-refractivity contribution < 1.29 is 22.6 Å². The van der Waals surface area contributed by atoms with Crippen molar-refractivity contribution in [2.75, 3.05) is 20.3 Å². The normalized spacial score (nSPS) is 10.9. The van der Waals surface area contributed by atoms with Crippen LogP contribution in [0.3, 0.4) is 0 Å². The summed E-state index contributed by atoms with van der Waals surface area (Å²) in [6, 6.07) is 6.61. The number of halogens is 3. The van der Waals surface area contributed by atoms with Crippen LogP contribution in [0.4, 0.5) is 13.2 Å². The molecule has 0 saturated carbocycles. The highest BCUT2D eigenvalue weighted by atomic mass is 19.1. The van der Waals surface area contributed by atoms with E-state index in [4.69, 9.17) is 9.47 Å². The van der Waals surface area contributed by atoms with Crippen LogP contribution in [-0.4, -0.2) is 20.3 Å². The van der Waals surface area contributed by atoms with Gasteiger partial charge in [-0.05, 0) is 56.0 Å². The first-order valence-electron chi connectivity index (χ1n) is 8.40. The summed E-state index contributed by atoms with van der Waals surface area (Å²) in [5, 5.41) is 0. The van der Waals surface area contributed by atoms with Crippen molar-refractivity contribution >= 4 is 0 Å². The molecule has 0 aromatic heterocycles. The van der Waals surface area contributed by atoms with Gasteiger partial charge in [0.2, 0.25) is 0 Å². The molecule has 0 heterocycles. The molecular formula is C20H23F3O2. The highest BCUT2D eigenvalue weighted by Gasteiger charge is 2.12. The number of hydrogen-bond acceptors (Lipinski definition) is 2. The molecule has 0 saturated heterocycles. The van der Waals surface area contributed by atoms with Crippen molar-refractivity contribution in [1.29, 1.82) is 0 Å². The van der Waals surface area contributed by atoms with Gasteiger partial charge in [-0.2, -0.15) is 0 Å². The second-order valence-electron chi connectivity index (χ2n) is 5.96. The smallest absolute Gasteiger partial charge is 0.134 e. The van der Waals surface area contributed by atoms with Gasteiger partial charge in [0, 0.05) is 30.9 Å². The largest absolute Gasteiger partial charge is 0.493 e. The Morgan fingerprint density at radius 1 is 0.800 bits per heavy atom. The van der Waals surface area contributed by atoms with Crippen LogP contribution in [0.2, 0.25) is 0 Å². The first-order chi connectivity index (χ1) is 12.0. The predicted octanol–water partition coefficient (Wildman–Crippen LogP) is 5.66. The Kier molecular flexibility index (Phi) is 7.31. The van der Waals surface area contributed by atoms with E-state index in [0.717, 1.165) is 44.4 Å². The highest BCUT2D eigenvalue weighted by Crippen LogP contribution is 2.29. The number of ether oxygens (including phenoxy) is 2. The maximum Gasteiger partial charge on any atom is 0.134 e. The molecule has 0 aliphatic carbocycles. The molecule has 25 heavy (non-hydrogen) atoms. The topological polar surface area (TPSA) is 18.5 Å². The van der Waals surface area contributed by atoms with Gasteiger partial charge in [0.1, 0.15) is 23.2 Å². The maximum absolute atomic E-state index is 14.3. The number of hydrogen-bond donors (Lipinski definition) is 0. The Morgan fingerprint density at radius 3 is 2.04 bits per heavy atom. The average Bonchev–Trinajstić information content (AvgIpc) is 2.58. The Balaban J connectivity index is 1.94. The van der Waals surface area contributed by atoms with Gasteiger partial charge in [-0.25, -0.2) is 13.2 Å². The molecule has 136 valence electrons. The van der Waals surface area contributed by atoms with Crippen molar-refractivity contribution in [2.45, 2.75) is 32.6 Å². The van der Waals surface area contributed by atoms with Crippen molar-refractivity contribution in [3.05, 3.63) is 53.3 Å². The molecule has 0 aliphatic heterocycles. The zero-order valence-electron chi connectivity index (χ0n) is 14.6. The minimum atomic E-state index is -0.691. The monoisotopic (exact) mass is 352 g/mol. The van der Waals surface area contributed by atoms with Gasteiger partial charge in [-0.3, -0.25) is 0 Å². The van der Waals surface area contributed by atoms with E-state index < -0.39 is 17.5 Å². The van der Waals surface area contributed by atoms with E-state index >= 15 is 0 Å². The number of rotatable bonds is 9. The van der Waals surface area contributed by atoms with Crippen LogP contribution in [0.25, 0.3) is 11.1 Å². The molecule has 0 spiro atoms. The highest BCUT2D eigenvalue weighted by molar-refractivity contribution is 5.65. The molecule has 0 radical (unpaired) electrons. The van der Waals surface area contributed by atoms with Crippen molar-refractivity contribution in [3.63, 3.8) is 0 Å². The van der Waals surface area contributed by atoms with E-state index in [1.807, 2.05) is 0 Å². The molecule has 0 aliphatic rings. The molecule has 0 fully saturated rings. The number of unbranched alkanes of at least 4 members (excludes halogenated alkanes) is 3. The average molecular weight is 352 g/mol. The summed E-state index contributed by atoms with van der Waals surface area (Å²) in [6.45, 7) is 2.60.